The molecule has 0 bridgehead atoms. The van der Waals surface area contributed by atoms with Gasteiger partial charge in [-0.15, -0.1) is 11.3 Å². The molecule has 0 saturated heterocycles. The molecular weight excluding hydrogens is 301 g/mol. The molecule has 0 spiro atoms. The minimum Gasteiger partial charge on any atom is -0.301 e. The first-order valence-corrected chi connectivity index (χ1v) is 7.83. The number of fused-ring (bicyclic) bond motifs is 1. The lowest BCUT2D eigenvalue weighted by molar-refractivity contribution is -0.111. The number of aromatic nitrogens is 1. The number of carbonyl (C=O) groups is 1. The molecule has 0 unspecified atom stereocenters. The van der Waals surface area contributed by atoms with Gasteiger partial charge in [0.15, 0.2) is 5.13 Å². The number of rotatable bonds is 3. The Balaban J connectivity index is 1.65. The van der Waals surface area contributed by atoms with Crippen LogP contribution in [0.4, 0.5) is 9.52 Å². The summed E-state index contributed by atoms with van der Waals surface area (Å²) in [6.45, 7) is 1.87. The standard InChI is InChI=1S/C16H16FN3OS/c1-20-8-7-13-14(10-20)22-16(18-13)19-15(21)6-5-11-3-2-4-12(17)9-11/h2-6,9H,7-8,10H2,1H3,(H,18,19,21)/b6-5+. The molecule has 2 aromatic rings. The first-order valence-electron chi connectivity index (χ1n) is 7.02. The van der Waals surface area contributed by atoms with E-state index in [-0.39, 0.29) is 11.7 Å². The number of hydrogen-bond acceptors (Lipinski definition) is 4. The molecule has 22 heavy (non-hydrogen) atoms. The van der Waals surface area contributed by atoms with Crippen molar-refractivity contribution in [2.75, 3.05) is 18.9 Å². The Kier molecular flexibility index (Phi) is 4.31. The van der Waals surface area contributed by atoms with E-state index in [2.05, 4.69) is 22.2 Å². The van der Waals surface area contributed by atoms with Gasteiger partial charge in [0.25, 0.3) is 0 Å². The highest BCUT2D eigenvalue weighted by Gasteiger charge is 2.18. The predicted octanol–water partition coefficient (Wildman–Crippen LogP) is 2.92. The van der Waals surface area contributed by atoms with E-state index in [0.29, 0.717) is 10.7 Å². The van der Waals surface area contributed by atoms with Crippen LogP contribution in [0.5, 0.6) is 0 Å². The van der Waals surface area contributed by atoms with Gasteiger partial charge in [0.2, 0.25) is 5.91 Å². The van der Waals surface area contributed by atoms with Crippen LogP contribution in [0.25, 0.3) is 6.08 Å². The summed E-state index contributed by atoms with van der Waals surface area (Å²) in [6.07, 6.45) is 3.89. The zero-order valence-corrected chi connectivity index (χ0v) is 13.0. The van der Waals surface area contributed by atoms with Crippen LogP contribution in [-0.2, 0) is 17.8 Å². The van der Waals surface area contributed by atoms with Gasteiger partial charge >= 0.3 is 0 Å². The van der Waals surface area contributed by atoms with E-state index in [1.165, 1.54) is 34.4 Å². The van der Waals surface area contributed by atoms with Gasteiger partial charge in [0.1, 0.15) is 5.82 Å². The summed E-state index contributed by atoms with van der Waals surface area (Å²) < 4.78 is 13.1. The van der Waals surface area contributed by atoms with Gasteiger partial charge in [0, 0.05) is 30.5 Å². The number of halogens is 1. The van der Waals surface area contributed by atoms with Gasteiger partial charge in [0.05, 0.1) is 5.69 Å². The quantitative estimate of drug-likeness (QED) is 0.885. The normalized spacial score (nSPS) is 15.0. The van der Waals surface area contributed by atoms with Crippen LogP contribution in [-0.4, -0.2) is 29.4 Å². The molecule has 2 heterocycles. The number of amides is 1. The molecule has 0 saturated carbocycles. The fourth-order valence-corrected chi connectivity index (χ4v) is 3.40. The molecule has 3 rings (SSSR count). The first kappa shape index (κ1) is 14.9. The van der Waals surface area contributed by atoms with Gasteiger partial charge in [-0.05, 0) is 30.8 Å². The van der Waals surface area contributed by atoms with Crippen molar-refractivity contribution in [3.05, 3.63) is 52.3 Å². The Hall–Kier alpha value is -2.05. The molecule has 1 aromatic carbocycles. The molecule has 1 aliphatic rings. The molecule has 0 fully saturated rings. The third-order valence-corrected chi connectivity index (χ3v) is 4.43. The van der Waals surface area contributed by atoms with Gasteiger partial charge in [-0.2, -0.15) is 0 Å². The van der Waals surface area contributed by atoms with Crippen LogP contribution in [0, 0.1) is 5.82 Å². The molecule has 1 aromatic heterocycles. The zero-order valence-electron chi connectivity index (χ0n) is 12.2. The number of nitrogens with zero attached hydrogens (tertiary/aromatic N) is 2. The van der Waals surface area contributed by atoms with Gasteiger partial charge in [-0.25, -0.2) is 9.37 Å². The number of benzene rings is 1. The number of likely N-dealkylation sites (N-methyl/N-ethyl adjacent to an activating group) is 1. The maximum Gasteiger partial charge on any atom is 0.250 e. The lowest BCUT2D eigenvalue weighted by atomic mass is 10.2. The van der Waals surface area contributed by atoms with Crippen molar-refractivity contribution in [3.63, 3.8) is 0 Å². The average molecular weight is 317 g/mol. The van der Waals surface area contributed by atoms with E-state index >= 15 is 0 Å². The van der Waals surface area contributed by atoms with Crippen LogP contribution >= 0.6 is 11.3 Å². The first-order chi connectivity index (χ1) is 10.6. The Morgan fingerprint density at radius 2 is 2.36 bits per heavy atom. The van der Waals surface area contributed by atoms with Crippen molar-refractivity contribution < 1.29 is 9.18 Å². The second kappa shape index (κ2) is 6.37. The molecular formula is C16H16FN3OS. The number of thiazole rings is 1. The summed E-state index contributed by atoms with van der Waals surface area (Å²) in [5.41, 5.74) is 1.72. The monoisotopic (exact) mass is 317 g/mol. The van der Waals surface area contributed by atoms with E-state index in [1.807, 2.05) is 0 Å². The highest BCUT2D eigenvalue weighted by molar-refractivity contribution is 7.15. The summed E-state index contributed by atoms with van der Waals surface area (Å²) in [5, 5.41) is 3.39. The predicted molar refractivity (Wildman–Crippen MR) is 86.2 cm³/mol. The van der Waals surface area contributed by atoms with Crippen molar-refractivity contribution in [2.45, 2.75) is 13.0 Å². The lowest BCUT2D eigenvalue weighted by Crippen LogP contribution is -2.25. The summed E-state index contributed by atoms with van der Waals surface area (Å²) in [5.74, 6) is -0.581. The molecule has 1 amide bonds. The van der Waals surface area contributed by atoms with Crippen molar-refractivity contribution in [1.29, 1.82) is 0 Å². The minimum atomic E-state index is -0.320. The third kappa shape index (κ3) is 3.58. The highest BCUT2D eigenvalue weighted by atomic mass is 32.1. The molecule has 1 aliphatic heterocycles. The van der Waals surface area contributed by atoms with Crippen LogP contribution in [0.3, 0.4) is 0 Å². The Bertz CT molecular complexity index is 726. The van der Waals surface area contributed by atoms with Crippen LogP contribution in [0.2, 0.25) is 0 Å². The van der Waals surface area contributed by atoms with Gasteiger partial charge < -0.3 is 4.90 Å². The molecule has 6 heteroatoms. The summed E-state index contributed by atoms with van der Waals surface area (Å²) in [7, 11) is 2.07. The van der Waals surface area contributed by atoms with Crippen molar-refractivity contribution >= 4 is 28.5 Å². The zero-order chi connectivity index (χ0) is 15.5. The minimum absolute atomic E-state index is 0.260. The van der Waals surface area contributed by atoms with E-state index in [9.17, 15) is 9.18 Å². The van der Waals surface area contributed by atoms with Crippen molar-refractivity contribution in [1.82, 2.24) is 9.88 Å². The average Bonchev–Trinajstić information content (AvgIpc) is 2.86. The lowest BCUT2D eigenvalue weighted by Gasteiger charge is -2.20. The van der Waals surface area contributed by atoms with Crippen LogP contribution in [0.15, 0.2) is 30.3 Å². The second-order valence-corrected chi connectivity index (χ2v) is 6.34. The second-order valence-electron chi connectivity index (χ2n) is 5.25. The summed E-state index contributed by atoms with van der Waals surface area (Å²) in [4.78, 5) is 19.8. The molecule has 1 N–H and O–H groups in total. The third-order valence-electron chi connectivity index (χ3n) is 3.43. The molecule has 0 radical (unpaired) electrons. The number of anilines is 1. The van der Waals surface area contributed by atoms with Gasteiger partial charge in [-0.1, -0.05) is 12.1 Å². The number of hydrogen-bond donors (Lipinski definition) is 1. The fourth-order valence-electron chi connectivity index (χ4n) is 2.31. The molecule has 114 valence electrons. The summed E-state index contributed by atoms with van der Waals surface area (Å²) >= 11 is 1.51. The van der Waals surface area contributed by atoms with Crippen molar-refractivity contribution in [3.8, 4) is 0 Å². The topological polar surface area (TPSA) is 45.2 Å². The smallest absolute Gasteiger partial charge is 0.250 e. The fraction of sp³-hybridized carbons (Fsp3) is 0.250. The highest BCUT2D eigenvalue weighted by Crippen LogP contribution is 2.27. The number of carbonyl (C=O) groups excluding carboxylic acids is 1. The van der Waals surface area contributed by atoms with Crippen molar-refractivity contribution in [2.24, 2.45) is 0 Å². The van der Waals surface area contributed by atoms with Crippen LogP contribution < -0.4 is 5.32 Å². The largest absolute Gasteiger partial charge is 0.301 e. The SMILES string of the molecule is CN1CCc2nc(NC(=O)/C=C/c3cccc(F)c3)sc2C1. The Morgan fingerprint density at radius 3 is 3.18 bits per heavy atom. The molecule has 0 aliphatic carbocycles. The van der Waals surface area contributed by atoms with E-state index < -0.39 is 0 Å². The van der Waals surface area contributed by atoms with E-state index in [0.717, 1.165) is 25.2 Å². The Labute approximate surface area is 132 Å². The number of nitrogens with one attached hydrogen (secondary N) is 1. The van der Waals surface area contributed by atoms with Crippen LogP contribution in [0.1, 0.15) is 16.1 Å². The molecule has 4 nitrogen and oxygen atoms in total. The Morgan fingerprint density at radius 1 is 1.50 bits per heavy atom. The summed E-state index contributed by atoms with van der Waals surface area (Å²) in [6, 6.07) is 6.10. The maximum absolute atomic E-state index is 13.1. The van der Waals surface area contributed by atoms with Gasteiger partial charge in [-0.3, -0.25) is 10.1 Å². The van der Waals surface area contributed by atoms with E-state index in [1.54, 1.807) is 18.2 Å². The molecule has 0 atom stereocenters. The van der Waals surface area contributed by atoms with E-state index in [4.69, 9.17) is 0 Å². The maximum atomic E-state index is 13.1.